The molecule has 0 amide bonds. The van der Waals surface area contributed by atoms with Crippen LogP contribution >= 0.6 is 0 Å². The molecule has 0 aromatic carbocycles. The Kier molecular flexibility index (Phi) is 4.01. The Morgan fingerprint density at radius 1 is 1.44 bits per heavy atom. The summed E-state index contributed by atoms with van der Waals surface area (Å²) in [7, 11) is 0. The van der Waals surface area contributed by atoms with Crippen molar-refractivity contribution in [3.8, 4) is 5.88 Å². The molecule has 0 aliphatic carbocycles. The SMILES string of the molecule is Cc1cc(OC(C)C)nc(N2CCCC(N)C2)n1. The van der Waals surface area contributed by atoms with E-state index >= 15 is 0 Å². The molecule has 5 nitrogen and oxygen atoms in total. The molecule has 1 aromatic heterocycles. The number of ether oxygens (including phenoxy) is 1. The topological polar surface area (TPSA) is 64.3 Å². The van der Waals surface area contributed by atoms with Gasteiger partial charge in [-0.15, -0.1) is 0 Å². The van der Waals surface area contributed by atoms with Crippen molar-refractivity contribution in [2.45, 2.75) is 45.8 Å². The Morgan fingerprint density at radius 3 is 2.89 bits per heavy atom. The maximum absolute atomic E-state index is 5.99. The second-order valence-electron chi connectivity index (χ2n) is 5.16. The Hall–Kier alpha value is -1.36. The lowest BCUT2D eigenvalue weighted by Gasteiger charge is -2.31. The highest BCUT2D eigenvalue weighted by Crippen LogP contribution is 2.19. The molecule has 1 aliphatic heterocycles. The first-order chi connectivity index (χ1) is 8.54. The number of aromatic nitrogens is 2. The van der Waals surface area contributed by atoms with Crippen molar-refractivity contribution in [2.75, 3.05) is 18.0 Å². The minimum absolute atomic E-state index is 0.121. The molecule has 1 aromatic rings. The van der Waals surface area contributed by atoms with Crippen LogP contribution in [0, 0.1) is 6.92 Å². The monoisotopic (exact) mass is 250 g/mol. The molecule has 1 saturated heterocycles. The maximum atomic E-state index is 5.99. The van der Waals surface area contributed by atoms with E-state index in [0.717, 1.165) is 37.6 Å². The van der Waals surface area contributed by atoms with Crippen molar-refractivity contribution >= 4 is 5.95 Å². The van der Waals surface area contributed by atoms with Gasteiger partial charge in [0.1, 0.15) is 0 Å². The summed E-state index contributed by atoms with van der Waals surface area (Å²) in [5.74, 6) is 1.38. The summed E-state index contributed by atoms with van der Waals surface area (Å²) in [4.78, 5) is 11.1. The quantitative estimate of drug-likeness (QED) is 0.880. The molecule has 0 bridgehead atoms. The van der Waals surface area contributed by atoms with Crippen molar-refractivity contribution in [3.63, 3.8) is 0 Å². The van der Waals surface area contributed by atoms with E-state index in [9.17, 15) is 0 Å². The van der Waals surface area contributed by atoms with E-state index in [4.69, 9.17) is 10.5 Å². The second-order valence-corrected chi connectivity index (χ2v) is 5.16. The summed E-state index contributed by atoms with van der Waals surface area (Å²) in [6.45, 7) is 7.74. The molecule has 1 aliphatic rings. The molecule has 100 valence electrons. The predicted molar refractivity (Wildman–Crippen MR) is 72.0 cm³/mol. The normalized spacial score (nSPS) is 20.3. The predicted octanol–water partition coefficient (Wildman–Crippen LogP) is 1.50. The van der Waals surface area contributed by atoms with Gasteiger partial charge in [-0.1, -0.05) is 0 Å². The molecular formula is C13H22N4O. The summed E-state index contributed by atoms with van der Waals surface area (Å²) < 4.78 is 5.64. The van der Waals surface area contributed by atoms with Gasteiger partial charge < -0.3 is 15.4 Å². The lowest BCUT2D eigenvalue weighted by molar-refractivity contribution is 0.232. The number of piperidine rings is 1. The van der Waals surface area contributed by atoms with Gasteiger partial charge in [-0.25, -0.2) is 4.98 Å². The van der Waals surface area contributed by atoms with E-state index in [1.807, 2.05) is 26.8 Å². The molecule has 5 heteroatoms. The summed E-state index contributed by atoms with van der Waals surface area (Å²) >= 11 is 0. The summed E-state index contributed by atoms with van der Waals surface area (Å²) in [6, 6.07) is 2.09. The van der Waals surface area contributed by atoms with E-state index in [2.05, 4.69) is 14.9 Å². The third kappa shape index (κ3) is 3.32. The van der Waals surface area contributed by atoms with Gasteiger partial charge in [0.2, 0.25) is 11.8 Å². The van der Waals surface area contributed by atoms with Crippen LogP contribution in [0.4, 0.5) is 5.95 Å². The highest BCUT2D eigenvalue weighted by Gasteiger charge is 2.19. The highest BCUT2D eigenvalue weighted by molar-refractivity contribution is 5.35. The molecule has 0 radical (unpaired) electrons. The number of hydrogen-bond donors (Lipinski definition) is 1. The average Bonchev–Trinajstić information content (AvgIpc) is 2.27. The number of hydrogen-bond acceptors (Lipinski definition) is 5. The molecule has 18 heavy (non-hydrogen) atoms. The third-order valence-corrected chi connectivity index (χ3v) is 2.92. The number of aryl methyl sites for hydroxylation is 1. The van der Waals surface area contributed by atoms with Crippen LogP contribution < -0.4 is 15.4 Å². The first-order valence-corrected chi connectivity index (χ1v) is 6.57. The minimum atomic E-state index is 0.121. The number of rotatable bonds is 3. The Bertz CT molecular complexity index is 408. The van der Waals surface area contributed by atoms with Crippen molar-refractivity contribution in [3.05, 3.63) is 11.8 Å². The van der Waals surface area contributed by atoms with Gasteiger partial charge in [0.15, 0.2) is 0 Å². The zero-order valence-corrected chi connectivity index (χ0v) is 11.4. The van der Waals surface area contributed by atoms with E-state index in [1.165, 1.54) is 0 Å². The summed E-state index contributed by atoms with van der Waals surface area (Å²) in [6.07, 6.45) is 2.30. The van der Waals surface area contributed by atoms with E-state index in [0.29, 0.717) is 5.88 Å². The number of nitrogens with zero attached hydrogens (tertiary/aromatic N) is 3. The fourth-order valence-corrected chi connectivity index (χ4v) is 2.16. The Labute approximate surface area is 108 Å². The fourth-order valence-electron chi connectivity index (χ4n) is 2.16. The Balaban J connectivity index is 2.18. The van der Waals surface area contributed by atoms with Crippen LogP contribution in [-0.4, -0.2) is 35.2 Å². The van der Waals surface area contributed by atoms with E-state index in [1.54, 1.807) is 0 Å². The van der Waals surface area contributed by atoms with Crippen LogP contribution in [0.5, 0.6) is 5.88 Å². The average molecular weight is 250 g/mol. The van der Waals surface area contributed by atoms with Gasteiger partial charge >= 0.3 is 0 Å². The first kappa shape index (κ1) is 13.1. The lowest BCUT2D eigenvalue weighted by Crippen LogP contribution is -2.43. The van der Waals surface area contributed by atoms with Crippen LogP contribution in [0.2, 0.25) is 0 Å². The fraction of sp³-hybridized carbons (Fsp3) is 0.692. The van der Waals surface area contributed by atoms with E-state index < -0.39 is 0 Å². The van der Waals surface area contributed by atoms with Crippen molar-refractivity contribution < 1.29 is 4.74 Å². The zero-order chi connectivity index (χ0) is 13.1. The molecule has 2 heterocycles. The highest BCUT2D eigenvalue weighted by atomic mass is 16.5. The van der Waals surface area contributed by atoms with Gasteiger partial charge in [-0.05, 0) is 33.6 Å². The van der Waals surface area contributed by atoms with Crippen LogP contribution in [-0.2, 0) is 0 Å². The second kappa shape index (κ2) is 5.52. The van der Waals surface area contributed by atoms with Crippen molar-refractivity contribution in [1.29, 1.82) is 0 Å². The van der Waals surface area contributed by atoms with Gasteiger partial charge in [0, 0.05) is 30.9 Å². The van der Waals surface area contributed by atoms with Crippen LogP contribution in [0.1, 0.15) is 32.4 Å². The minimum Gasteiger partial charge on any atom is -0.475 e. The zero-order valence-electron chi connectivity index (χ0n) is 11.4. The summed E-state index contributed by atoms with van der Waals surface area (Å²) in [5, 5.41) is 0. The van der Waals surface area contributed by atoms with Gasteiger partial charge in [-0.3, -0.25) is 0 Å². The molecule has 2 rings (SSSR count). The van der Waals surface area contributed by atoms with Crippen LogP contribution in [0.3, 0.4) is 0 Å². The lowest BCUT2D eigenvalue weighted by atomic mass is 10.1. The van der Waals surface area contributed by atoms with Gasteiger partial charge in [0.05, 0.1) is 6.10 Å². The molecule has 0 saturated carbocycles. The Morgan fingerprint density at radius 2 is 2.22 bits per heavy atom. The summed E-state index contributed by atoms with van der Waals surface area (Å²) in [5.41, 5.74) is 6.92. The standard InChI is InChI=1S/C13H22N4O/c1-9(2)18-12-7-10(3)15-13(16-12)17-6-4-5-11(14)8-17/h7,9,11H,4-6,8,14H2,1-3H3. The van der Waals surface area contributed by atoms with E-state index in [-0.39, 0.29) is 12.1 Å². The molecular weight excluding hydrogens is 228 g/mol. The molecule has 1 unspecified atom stereocenters. The first-order valence-electron chi connectivity index (χ1n) is 6.57. The third-order valence-electron chi connectivity index (χ3n) is 2.92. The van der Waals surface area contributed by atoms with Crippen LogP contribution in [0.15, 0.2) is 6.07 Å². The molecule has 1 fully saturated rings. The van der Waals surface area contributed by atoms with Crippen molar-refractivity contribution in [1.82, 2.24) is 9.97 Å². The maximum Gasteiger partial charge on any atom is 0.228 e. The molecule has 0 spiro atoms. The smallest absolute Gasteiger partial charge is 0.228 e. The number of anilines is 1. The molecule has 1 atom stereocenters. The van der Waals surface area contributed by atoms with Crippen LogP contribution in [0.25, 0.3) is 0 Å². The van der Waals surface area contributed by atoms with Gasteiger partial charge in [-0.2, -0.15) is 4.98 Å². The largest absolute Gasteiger partial charge is 0.475 e. The number of nitrogens with two attached hydrogens (primary N) is 1. The van der Waals surface area contributed by atoms with Crippen molar-refractivity contribution in [2.24, 2.45) is 5.73 Å². The van der Waals surface area contributed by atoms with Gasteiger partial charge in [0.25, 0.3) is 0 Å². The molecule has 2 N–H and O–H groups in total.